The first kappa shape index (κ1) is 20.8. The Kier molecular flexibility index (Phi) is 6.20. The van der Waals surface area contributed by atoms with E-state index in [0.717, 1.165) is 25.0 Å². The molecule has 29 heavy (non-hydrogen) atoms. The Morgan fingerprint density at radius 3 is 2.59 bits per heavy atom. The zero-order chi connectivity index (χ0) is 21.0. The maximum atomic E-state index is 12.2. The zero-order valence-electron chi connectivity index (χ0n) is 15.1. The number of hydrogen-bond donors (Lipinski definition) is 2. The molecular formula is C17H19F3N4O5. The Morgan fingerprint density at radius 2 is 2.00 bits per heavy atom. The minimum Gasteiger partial charge on any atom is -0.475 e. The number of anilines is 1. The smallest absolute Gasteiger partial charge is 0.475 e. The molecule has 0 radical (unpaired) electrons. The Bertz CT molecular complexity index is 832. The highest BCUT2D eigenvalue weighted by Gasteiger charge is 2.38. The Hall–Kier alpha value is -2.89. The van der Waals surface area contributed by atoms with E-state index in [-0.39, 0.29) is 18.0 Å². The van der Waals surface area contributed by atoms with Gasteiger partial charge < -0.3 is 18.8 Å². The van der Waals surface area contributed by atoms with Gasteiger partial charge in [0.05, 0.1) is 18.6 Å². The molecule has 158 valence electrons. The van der Waals surface area contributed by atoms with Crippen LogP contribution in [0.25, 0.3) is 0 Å². The third kappa shape index (κ3) is 6.04. The lowest BCUT2D eigenvalue weighted by molar-refractivity contribution is -0.192. The standard InChI is InChI=1S/C15H18N4O3.C2HF3O2/c20-14(18-15-17-7-13(22-15)10-1-2-10)12-4-3-11(21-12)8-19-6-5-16-9-19;3-2(4,5)1(6)7/h5-7,9-12H,1-4,8H2,(H,17,18,20);(H,6,7)/t11-,12+;/m1./s1. The predicted molar refractivity (Wildman–Crippen MR) is 90.9 cm³/mol. The lowest BCUT2D eigenvalue weighted by Crippen LogP contribution is -2.29. The highest BCUT2D eigenvalue weighted by Crippen LogP contribution is 2.40. The van der Waals surface area contributed by atoms with E-state index in [2.05, 4.69) is 15.3 Å². The molecule has 1 aliphatic carbocycles. The molecule has 0 unspecified atom stereocenters. The lowest BCUT2D eigenvalue weighted by Gasteiger charge is -2.13. The maximum absolute atomic E-state index is 12.2. The summed E-state index contributed by atoms with van der Waals surface area (Å²) in [5.74, 6) is -1.59. The number of carboxylic acid groups (broad SMARTS) is 1. The largest absolute Gasteiger partial charge is 0.490 e. The zero-order valence-corrected chi connectivity index (χ0v) is 15.1. The van der Waals surface area contributed by atoms with E-state index in [1.54, 1.807) is 18.7 Å². The molecule has 1 aliphatic heterocycles. The van der Waals surface area contributed by atoms with Crippen LogP contribution < -0.4 is 5.32 Å². The predicted octanol–water partition coefficient (Wildman–Crippen LogP) is 2.57. The Labute approximate surface area is 162 Å². The number of halogens is 3. The van der Waals surface area contributed by atoms with E-state index in [1.807, 2.05) is 10.8 Å². The van der Waals surface area contributed by atoms with Crippen molar-refractivity contribution in [3.63, 3.8) is 0 Å². The number of carboxylic acids is 1. The van der Waals surface area contributed by atoms with Crippen molar-refractivity contribution in [1.82, 2.24) is 14.5 Å². The normalized spacial score (nSPS) is 21.3. The number of amides is 1. The van der Waals surface area contributed by atoms with Crippen LogP contribution in [0.3, 0.4) is 0 Å². The van der Waals surface area contributed by atoms with Gasteiger partial charge in [-0.15, -0.1) is 0 Å². The fourth-order valence-corrected chi connectivity index (χ4v) is 2.75. The molecule has 2 N–H and O–H groups in total. The van der Waals surface area contributed by atoms with Gasteiger partial charge in [0.15, 0.2) is 0 Å². The highest BCUT2D eigenvalue weighted by atomic mass is 19.4. The first-order valence-corrected chi connectivity index (χ1v) is 8.90. The first-order chi connectivity index (χ1) is 13.7. The van der Waals surface area contributed by atoms with E-state index in [1.165, 1.54) is 0 Å². The van der Waals surface area contributed by atoms with Crippen LogP contribution in [0, 0.1) is 0 Å². The summed E-state index contributed by atoms with van der Waals surface area (Å²) in [4.78, 5) is 29.2. The van der Waals surface area contributed by atoms with Gasteiger partial charge in [0, 0.05) is 24.9 Å². The van der Waals surface area contributed by atoms with Crippen LogP contribution in [0.1, 0.15) is 37.4 Å². The molecule has 1 saturated carbocycles. The second-order valence-electron chi connectivity index (χ2n) is 6.72. The SMILES string of the molecule is O=C(Nc1ncc(C2CC2)o1)[C@@H]1CC[C@H](Cn2ccnc2)O1.O=C(O)C(F)(F)F. The summed E-state index contributed by atoms with van der Waals surface area (Å²) >= 11 is 0. The topological polar surface area (TPSA) is 119 Å². The van der Waals surface area contributed by atoms with Crippen molar-refractivity contribution in [3.05, 3.63) is 30.7 Å². The molecule has 2 aromatic rings. The average molecular weight is 416 g/mol. The van der Waals surface area contributed by atoms with E-state index in [4.69, 9.17) is 19.1 Å². The van der Waals surface area contributed by atoms with Crippen molar-refractivity contribution >= 4 is 17.9 Å². The van der Waals surface area contributed by atoms with Crippen LogP contribution in [0.4, 0.5) is 19.2 Å². The molecule has 2 aromatic heterocycles. The molecule has 0 aromatic carbocycles. The number of oxazole rings is 1. The van der Waals surface area contributed by atoms with Gasteiger partial charge in [0.1, 0.15) is 11.9 Å². The molecule has 9 nitrogen and oxygen atoms in total. The summed E-state index contributed by atoms with van der Waals surface area (Å²) in [5.41, 5.74) is 0. The molecule has 4 rings (SSSR count). The molecule has 1 amide bonds. The quantitative estimate of drug-likeness (QED) is 0.769. The number of alkyl halides is 3. The highest BCUT2D eigenvalue weighted by molar-refractivity contribution is 5.92. The summed E-state index contributed by atoms with van der Waals surface area (Å²) in [6, 6.07) is 0.272. The van der Waals surface area contributed by atoms with E-state index >= 15 is 0 Å². The maximum Gasteiger partial charge on any atom is 0.490 e. The van der Waals surface area contributed by atoms with Gasteiger partial charge >= 0.3 is 18.2 Å². The van der Waals surface area contributed by atoms with Crippen molar-refractivity contribution in [2.24, 2.45) is 0 Å². The van der Waals surface area contributed by atoms with Gasteiger partial charge in [-0.05, 0) is 25.7 Å². The van der Waals surface area contributed by atoms with Gasteiger partial charge in [-0.25, -0.2) is 14.8 Å². The molecule has 1 saturated heterocycles. The summed E-state index contributed by atoms with van der Waals surface area (Å²) in [7, 11) is 0. The fourth-order valence-electron chi connectivity index (χ4n) is 2.75. The minimum atomic E-state index is -5.08. The number of aliphatic carboxylic acids is 1. The number of imidazole rings is 1. The van der Waals surface area contributed by atoms with Crippen molar-refractivity contribution in [1.29, 1.82) is 0 Å². The van der Waals surface area contributed by atoms with Crippen LogP contribution in [0.2, 0.25) is 0 Å². The van der Waals surface area contributed by atoms with Crippen molar-refractivity contribution in [2.75, 3.05) is 5.32 Å². The molecule has 12 heteroatoms. The molecule has 0 spiro atoms. The average Bonchev–Trinajstić information content (AvgIpc) is 3.04. The lowest BCUT2D eigenvalue weighted by atomic mass is 10.2. The van der Waals surface area contributed by atoms with Gasteiger partial charge in [0.25, 0.3) is 5.91 Å². The monoisotopic (exact) mass is 416 g/mol. The van der Waals surface area contributed by atoms with Crippen LogP contribution in [0.5, 0.6) is 0 Å². The van der Waals surface area contributed by atoms with E-state index < -0.39 is 18.2 Å². The van der Waals surface area contributed by atoms with Crippen LogP contribution in [0.15, 0.2) is 29.3 Å². The van der Waals surface area contributed by atoms with Crippen molar-refractivity contribution in [3.8, 4) is 0 Å². The number of ether oxygens (including phenoxy) is 1. The first-order valence-electron chi connectivity index (χ1n) is 8.90. The fraction of sp³-hybridized carbons (Fsp3) is 0.529. The summed E-state index contributed by atoms with van der Waals surface area (Å²) < 4.78 is 45.0. The third-order valence-electron chi connectivity index (χ3n) is 4.35. The second kappa shape index (κ2) is 8.64. The number of aromatic nitrogens is 3. The van der Waals surface area contributed by atoms with E-state index in [9.17, 15) is 18.0 Å². The molecular weight excluding hydrogens is 397 g/mol. The van der Waals surface area contributed by atoms with Gasteiger partial charge in [-0.2, -0.15) is 13.2 Å². The van der Waals surface area contributed by atoms with Crippen molar-refractivity contribution in [2.45, 2.75) is 56.5 Å². The minimum absolute atomic E-state index is 0.0385. The summed E-state index contributed by atoms with van der Waals surface area (Å²) in [6.45, 7) is 0.717. The van der Waals surface area contributed by atoms with Gasteiger partial charge in [0.2, 0.25) is 0 Å². The Morgan fingerprint density at radius 1 is 1.28 bits per heavy atom. The van der Waals surface area contributed by atoms with Gasteiger partial charge in [-0.3, -0.25) is 10.1 Å². The summed E-state index contributed by atoms with van der Waals surface area (Å²) in [6.07, 6.45) is 5.45. The van der Waals surface area contributed by atoms with E-state index in [0.29, 0.717) is 18.9 Å². The third-order valence-corrected chi connectivity index (χ3v) is 4.35. The number of nitrogens with one attached hydrogen (secondary N) is 1. The van der Waals surface area contributed by atoms with Crippen LogP contribution in [-0.4, -0.2) is 49.9 Å². The molecule has 2 fully saturated rings. The molecule has 2 aliphatic rings. The Balaban J connectivity index is 0.000000298. The van der Waals surface area contributed by atoms with Crippen LogP contribution >= 0.6 is 0 Å². The van der Waals surface area contributed by atoms with Crippen molar-refractivity contribution < 1.29 is 37.0 Å². The molecule has 2 atom stereocenters. The molecule has 3 heterocycles. The van der Waals surface area contributed by atoms with Crippen LogP contribution in [-0.2, 0) is 20.9 Å². The van der Waals surface area contributed by atoms with Gasteiger partial charge in [-0.1, -0.05) is 0 Å². The number of nitrogens with zero attached hydrogens (tertiary/aromatic N) is 3. The number of rotatable bonds is 5. The number of carbonyl (C=O) groups is 2. The number of carbonyl (C=O) groups excluding carboxylic acids is 1. The second-order valence-corrected chi connectivity index (χ2v) is 6.72. The molecule has 0 bridgehead atoms. The number of hydrogen-bond acceptors (Lipinski definition) is 6. The summed E-state index contributed by atoms with van der Waals surface area (Å²) in [5, 5.41) is 9.83.